The number of nitrogens with zero attached hydrogens (tertiary/aromatic N) is 5. The van der Waals surface area contributed by atoms with Crippen molar-refractivity contribution in [3.63, 3.8) is 0 Å². The summed E-state index contributed by atoms with van der Waals surface area (Å²) < 4.78 is 19.6. The maximum Gasteiger partial charge on any atom is 0.308 e. The quantitative estimate of drug-likeness (QED) is 0.179. The van der Waals surface area contributed by atoms with Crippen LogP contribution in [0, 0.1) is 5.82 Å². The standard InChI is InChI=1S/C34H30FN5O2S2/c1-2-42-27(41)21-26-32-31(36-34(39-17-19-43-20-18-39)40(26)25-15-13-24(35)14-16-25)29-28(22-9-5-3-6-10-22)30(37-38-33(29)44-32)23-11-7-4-8-12-23/h3-16,26H,2,17-21H2,1H3. The third-order valence-corrected chi connectivity index (χ3v) is 9.94. The van der Waals surface area contributed by atoms with Gasteiger partial charge in [0.25, 0.3) is 0 Å². The minimum absolute atomic E-state index is 0.103. The Bertz CT molecular complexity index is 1820. The number of rotatable bonds is 6. The molecule has 1 fully saturated rings. The molecule has 0 saturated carbocycles. The van der Waals surface area contributed by atoms with E-state index in [1.54, 1.807) is 12.1 Å². The fraction of sp³-hybridized carbons (Fsp3) is 0.235. The van der Waals surface area contributed by atoms with Gasteiger partial charge in [0, 0.05) is 46.8 Å². The van der Waals surface area contributed by atoms with E-state index in [1.807, 2.05) is 67.2 Å². The van der Waals surface area contributed by atoms with E-state index < -0.39 is 6.04 Å². The molecule has 2 aromatic heterocycles. The third-order valence-electron chi connectivity index (χ3n) is 7.83. The molecule has 0 amide bonds. The number of halogens is 1. The first-order valence-electron chi connectivity index (χ1n) is 14.7. The zero-order chi connectivity index (χ0) is 30.0. The molecule has 222 valence electrons. The molecule has 0 spiro atoms. The zero-order valence-electron chi connectivity index (χ0n) is 24.1. The molecule has 0 bridgehead atoms. The van der Waals surface area contributed by atoms with Gasteiger partial charge in [0.1, 0.15) is 16.3 Å². The summed E-state index contributed by atoms with van der Waals surface area (Å²) in [7, 11) is 0. The van der Waals surface area contributed by atoms with Crippen molar-refractivity contribution in [2.75, 3.05) is 36.1 Å². The van der Waals surface area contributed by atoms with Gasteiger partial charge in [-0.2, -0.15) is 11.8 Å². The van der Waals surface area contributed by atoms with Crippen LogP contribution in [0.2, 0.25) is 0 Å². The number of aliphatic imine (C=N–C) groups is 1. The summed E-state index contributed by atoms with van der Waals surface area (Å²) in [4.78, 5) is 24.6. The van der Waals surface area contributed by atoms with Crippen molar-refractivity contribution in [3.8, 4) is 22.4 Å². The van der Waals surface area contributed by atoms with E-state index in [4.69, 9.17) is 19.9 Å². The second kappa shape index (κ2) is 12.4. The summed E-state index contributed by atoms with van der Waals surface area (Å²) in [5.74, 6) is 2.06. The van der Waals surface area contributed by atoms with Gasteiger partial charge in [-0.05, 0) is 36.8 Å². The molecule has 1 unspecified atom stereocenters. The third kappa shape index (κ3) is 5.33. The first-order valence-corrected chi connectivity index (χ1v) is 16.6. The fourth-order valence-electron chi connectivity index (χ4n) is 5.86. The molecule has 2 aliphatic rings. The predicted octanol–water partition coefficient (Wildman–Crippen LogP) is 7.72. The van der Waals surface area contributed by atoms with Crippen LogP contribution >= 0.6 is 23.1 Å². The summed E-state index contributed by atoms with van der Waals surface area (Å²) in [5, 5.41) is 10.4. The van der Waals surface area contributed by atoms with E-state index >= 15 is 0 Å². The molecule has 3 aromatic carbocycles. The first-order chi connectivity index (χ1) is 21.6. The SMILES string of the molecule is CCOC(=O)CC1c2sc3nnc(-c4ccccc4)c(-c4ccccc4)c3c2N=C(N2CCSCC2)N1c1ccc(F)cc1. The Balaban J connectivity index is 1.52. The largest absolute Gasteiger partial charge is 0.466 e. The summed E-state index contributed by atoms with van der Waals surface area (Å²) in [6, 6.07) is 26.3. The van der Waals surface area contributed by atoms with Crippen LogP contribution in [0.4, 0.5) is 15.8 Å². The Morgan fingerprint density at radius 3 is 2.30 bits per heavy atom. The van der Waals surface area contributed by atoms with Crippen LogP contribution in [-0.2, 0) is 9.53 Å². The lowest BCUT2D eigenvalue weighted by atomic mass is 9.95. The summed E-state index contributed by atoms with van der Waals surface area (Å²) >= 11 is 3.42. The minimum Gasteiger partial charge on any atom is -0.466 e. The normalized spacial score (nSPS) is 16.5. The number of carbonyl (C=O) groups excluding carboxylic acids is 1. The second-order valence-corrected chi connectivity index (χ2v) is 12.8. The molecule has 44 heavy (non-hydrogen) atoms. The van der Waals surface area contributed by atoms with Gasteiger partial charge in [0.15, 0.2) is 0 Å². The molecule has 1 atom stereocenters. The number of guanidine groups is 1. The molecular formula is C34H30FN5O2S2. The Labute approximate surface area is 263 Å². The molecule has 0 N–H and O–H groups in total. The number of benzene rings is 3. The number of thiophene rings is 1. The number of hydrogen-bond acceptors (Lipinski definition) is 9. The molecule has 10 heteroatoms. The highest BCUT2D eigenvalue weighted by Gasteiger charge is 2.39. The first kappa shape index (κ1) is 28.5. The van der Waals surface area contributed by atoms with Gasteiger partial charge in [-0.1, -0.05) is 60.7 Å². The number of ether oxygens (including phenoxy) is 1. The monoisotopic (exact) mass is 623 g/mol. The van der Waals surface area contributed by atoms with Crippen LogP contribution < -0.4 is 4.90 Å². The Kier molecular flexibility index (Phi) is 8.01. The maximum absolute atomic E-state index is 14.1. The molecule has 2 aliphatic heterocycles. The maximum atomic E-state index is 14.1. The Morgan fingerprint density at radius 2 is 1.61 bits per heavy atom. The number of hydrogen-bond donors (Lipinski definition) is 0. The van der Waals surface area contributed by atoms with E-state index in [-0.39, 0.29) is 24.8 Å². The van der Waals surface area contributed by atoms with Gasteiger partial charge < -0.3 is 14.5 Å². The van der Waals surface area contributed by atoms with Gasteiger partial charge in [0.2, 0.25) is 5.96 Å². The lowest BCUT2D eigenvalue weighted by molar-refractivity contribution is -0.143. The van der Waals surface area contributed by atoms with Crippen molar-refractivity contribution < 1.29 is 13.9 Å². The fourth-order valence-corrected chi connectivity index (χ4v) is 7.93. The molecule has 4 heterocycles. The number of aromatic nitrogens is 2. The van der Waals surface area contributed by atoms with Gasteiger partial charge >= 0.3 is 5.97 Å². The number of carbonyl (C=O) groups is 1. The van der Waals surface area contributed by atoms with Crippen molar-refractivity contribution in [1.82, 2.24) is 15.1 Å². The summed E-state index contributed by atoms with van der Waals surface area (Å²) in [5.41, 5.74) is 5.28. The topological polar surface area (TPSA) is 70.9 Å². The molecule has 1 saturated heterocycles. The lowest BCUT2D eigenvalue weighted by Gasteiger charge is -2.42. The van der Waals surface area contributed by atoms with Crippen LogP contribution in [0.5, 0.6) is 0 Å². The molecule has 7 rings (SSSR count). The molecule has 7 nitrogen and oxygen atoms in total. The van der Waals surface area contributed by atoms with Crippen molar-refractivity contribution in [3.05, 3.63) is 95.6 Å². The van der Waals surface area contributed by atoms with E-state index in [1.165, 1.54) is 23.5 Å². The molecule has 0 radical (unpaired) electrons. The summed E-state index contributed by atoms with van der Waals surface area (Å²) in [6.07, 6.45) is 0.103. The van der Waals surface area contributed by atoms with Crippen molar-refractivity contribution in [2.24, 2.45) is 4.99 Å². The van der Waals surface area contributed by atoms with Crippen LogP contribution in [0.15, 0.2) is 89.9 Å². The van der Waals surface area contributed by atoms with Gasteiger partial charge in [-0.15, -0.1) is 21.5 Å². The minimum atomic E-state index is -0.431. The van der Waals surface area contributed by atoms with Crippen molar-refractivity contribution in [1.29, 1.82) is 0 Å². The lowest BCUT2D eigenvalue weighted by Crippen LogP contribution is -2.50. The number of anilines is 1. The number of fused-ring (bicyclic) bond motifs is 3. The number of thioether (sulfide) groups is 1. The van der Waals surface area contributed by atoms with E-state index in [0.29, 0.717) is 0 Å². The Hall–Kier alpha value is -4.28. The van der Waals surface area contributed by atoms with Crippen LogP contribution in [0.25, 0.3) is 32.6 Å². The van der Waals surface area contributed by atoms with Crippen molar-refractivity contribution in [2.45, 2.75) is 19.4 Å². The highest BCUT2D eigenvalue weighted by molar-refractivity contribution is 7.99. The van der Waals surface area contributed by atoms with Gasteiger partial charge in [-0.3, -0.25) is 4.79 Å². The van der Waals surface area contributed by atoms with E-state index in [0.717, 1.165) is 79.4 Å². The average molecular weight is 624 g/mol. The highest BCUT2D eigenvalue weighted by atomic mass is 32.2. The highest BCUT2D eigenvalue weighted by Crippen LogP contribution is 2.52. The molecular weight excluding hydrogens is 594 g/mol. The second-order valence-electron chi connectivity index (χ2n) is 10.5. The zero-order valence-corrected chi connectivity index (χ0v) is 25.8. The Morgan fingerprint density at radius 1 is 0.932 bits per heavy atom. The smallest absolute Gasteiger partial charge is 0.308 e. The predicted molar refractivity (Wildman–Crippen MR) is 177 cm³/mol. The average Bonchev–Trinajstić information content (AvgIpc) is 3.45. The van der Waals surface area contributed by atoms with Gasteiger partial charge in [-0.25, -0.2) is 9.38 Å². The van der Waals surface area contributed by atoms with Crippen LogP contribution in [-0.4, -0.2) is 58.2 Å². The van der Waals surface area contributed by atoms with E-state index in [9.17, 15) is 9.18 Å². The van der Waals surface area contributed by atoms with Crippen molar-refractivity contribution >= 4 is 56.6 Å². The van der Waals surface area contributed by atoms with Gasteiger partial charge in [0.05, 0.1) is 29.6 Å². The molecule has 5 aromatic rings. The van der Waals surface area contributed by atoms with E-state index in [2.05, 4.69) is 21.9 Å². The number of esters is 1. The molecule has 0 aliphatic carbocycles. The van der Waals surface area contributed by atoms with Crippen LogP contribution in [0.1, 0.15) is 24.3 Å². The van der Waals surface area contributed by atoms with Crippen LogP contribution in [0.3, 0.4) is 0 Å². The summed E-state index contributed by atoms with van der Waals surface area (Å²) in [6.45, 7) is 3.72.